The summed E-state index contributed by atoms with van der Waals surface area (Å²) in [5.41, 5.74) is 1.51. The van der Waals surface area contributed by atoms with Gasteiger partial charge in [0, 0.05) is 11.6 Å². The van der Waals surface area contributed by atoms with Crippen LogP contribution in [0.1, 0.15) is 12.5 Å². The third kappa shape index (κ3) is 2.92. The van der Waals surface area contributed by atoms with Gasteiger partial charge >= 0.3 is 0 Å². The van der Waals surface area contributed by atoms with Gasteiger partial charge in [0.15, 0.2) is 0 Å². The Morgan fingerprint density at radius 3 is 2.72 bits per heavy atom. The van der Waals surface area contributed by atoms with Crippen molar-refractivity contribution < 1.29 is 14.6 Å². The predicted octanol–water partition coefficient (Wildman–Crippen LogP) is 1.46. The van der Waals surface area contributed by atoms with Gasteiger partial charge in [-0.05, 0) is 19.1 Å². The Kier molecular flexibility index (Phi) is 4.04. The number of methoxy groups -OCH3 is 1. The van der Waals surface area contributed by atoms with Crippen molar-refractivity contribution in [2.75, 3.05) is 33.4 Å². The zero-order valence-corrected chi connectivity index (χ0v) is 10.7. The topological polar surface area (TPSA) is 54.3 Å². The molecule has 2 rings (SSSR count). The van der Waals surface area contributed by atoms with Gasteiger partial charge in [-0.2, -0.15) is 5.10 Å². The van der Waals surface area contributed by atoms with Crippen LogP contribution < -0.4 is 4.74 Å². The Bertz CT molecular complexity index is 440. The number of hydrazone groups is 1. The molecule has 0 saturated carbocycles. The van der Waals surface area contributed by atoms with Crippen molar-refractivity contribution >= 4 is 5.71 Å². The van der Waals surface area contributed by atoms with E-state index in [1.54, 1.807) is 13.2 Å². The quantitative estimate of drug-likeness (QED) is 0.825. The zero-order chi connectivity index (χ0) is 13.0. The maximum Gasteiger partial charge on any atom is 0.128 e. The molecule has 0 spiro atoms. The third-order valence-corrected chi connectivity index (χ3v) is 2.87. The first-order chi connectivity index (χ1) is 8.70. The Morgan fingerprint density at radius 1 is 1.39 bits per heavy atom. The monoisotopic (exact) mass is 250 g/mol. The van der Waals surface area contributed by atoms with Gasteiger partial charge in [-0.15, -0.1) is 0 Å². The lowest BCUT2D eigenvalue weighted by Crippen LogP contribution is -2.33. The highest BCUT2D eigenvalue weighted by atomic mass is 16.5. The molecule has 18 heavy (non-hydrogen) atoms. The van der Waals surface area contributed by atoms with E-state index in [0.717, 1.165) is 24.4 Å². The molecule has 5 nitrogen and oxygen atoms in total. The number of benzene rings is 1. The Morgan fingerprint density at radius 2 is 2.11 bits per heavy atom. The molecule has 0 radical (unpaired) electrons. The van der Waals surface area contributed by atoms with Crippen molar-refractivity contribution in [2.24, 2.45) is 5.10 Å². The average Bonchev–Trinajstić information content (AvgIpc) is 2.39. The van der Waals surface area contributed by atoms with Crippen molar-refractivity contribution in [1.82, 2.24) is 5.01 Å². The standard InChI is InChI=1S/C13H18N2O3/c1-10(14-15-5-7-18-8-6-15)12-4-3-11(17-2)9-13(12)16/h3-4,9,16H,5-8H2,1-2H3/b14-10+. The van der Waals surface area contributed by atoms with Crippen LogP contribution in [-0.4, -0.2) is 49.2 Å². The van der Waals surface area contributed by atoms with E-state index in [1.807, 2.05) is 24.1 Å². The molecule has 1 aromatic rings. The summed E-state index contributed by atoms with van der Waals surface area (Å²) in [4.78, 5) is 0. The molecular weight excluding hydrogens is 232 g/mol. The first-order valence-corrected chi connectivity index (χ1v) is 5.96. The Hall–Kier alpha value is -1.75. The summed E-state index contributed by atoms with van der Waals surface area (Å²) < 4.78 is 10.3. The zero-order valence-electron chi connectivity index (χ0n) is 10.7. The fraction of sp³-hybridized carbons (Fsp3) is 0.462. The van der Waals surface area contributed by atoms with E-state index in [4.69, 9.17) is 9.47 Å². The molecule has 0 bridgehead atoms. The molecule has 1 heterocycles. The largest absolute Gasteiger partial charge is 0.507 e. The van der Waals surface area contributed by atoms with Crippen LogP contribution in [0.2, 0.25) is 0 Å². The number of ether oxygens (including phenoxy) is 2. The molecule has 1 aliphatic heterocycles. The van der Waals surface area contributed by atoms with Gasteiger partial charge in [-0.25, -0.2) is 0 Å². The van der Waals surface area contributed by atoms with Crippen molar-refractivity contribution in [1.29, 1.82) is 0 Å². The lowest BCUT2D eigenvalue weighted by molar-refractivity contribution is 0.0393. The normalized spacial score (nSPS) is 16.8. The second-order valence-electron chi connectivity index (χ2n) is 4.13. The summed E-state index contributed by atoms with van der Waals surface area (Å²) in [5, 5.41) is 16.4. The van der Waals surface area contributed by atoms with Crippen LogP contribution in [0.15, 0.2) is 23.3 Å². The van der Waals surface area contributed by atoms with Gasteiger partial charge in [-0.3, -0.25) is 5.01 Å². The minimum absolute atomic E-state index is 0.184. The van der Waals surface area contributed by atoms with E-state index in [1.165, 1.54) is 0 Å². The molecule has 1 aromatic carbocycles. The summed E-state index contributed by atoms with van der Waals surface area (Å²) in [6.45, 7) is 4.86. The van der Waals surface area contributed by atoms with Gasteiger partial charge in [0.05, 0.1) is 39.1 Å². The third-order valence-electron chi connectivity index (χ3n) is 2.87. The number of phenols is 1. The molecule has 0 atom stereocenters. The molecule has 1 aliphatic rings. The summed E-state index contributed by atoms with van der Waals surface area (Å²) in [5.74, 6) is 0.819. The number of rotatable bonds is 3. The van der Waals surface area contributed by atoms with E-state index >= 15 is 0 Å². The van der Waals surface area contributed by atoms with Crippen molar-refractivity contribution in [3.05, 3.63) is 23.8 Å². The number of aromatic hydroxyl groups is 1. The van der Waals surface area contributed by atoms with Gasteiger partial charge in [0.25, 0.3) is 0 Å². The van der Waals surface area contributed by atoms with Crippen molar-refractivity contribution in [2.45, 2.75) is 6.92 Å². The fourth-order valence-electron chi connectivity index (χ4n) is 1.86. The maximum atomic E-state index is 9.92. The van der Waals surface area contributed by atoms with Gasteiger partial charge in [0.2, 0.25) is 0 Å². The number of nitrogens with zero attached hydrogens (tertiary/aromatic N) is 2. The minimum atomic E-state index is 0.184. The van der Waals surface area contributed by atoms with Crippen molar-refractivity contribution in [3.8, 4) is 11.5 Å². The van der Waals surface area contributed by atoms with Crippen LogP contribution >= 0.6 is 0 Å². The van der Waals surface area contributed by atoms with Gasteiger partial charge in [0.1, 0.15) is 11.5 Å². The molecule has 5 heteroatoms. The van der Waals surface area contributed by atoms with E-state index in [0.29, 0.717) is 19.0 Å². The maximum absolute atomic E-state index is 9.92. The highest BCUT2D eigenvalue weighted by Gasteiger charge is 2.11. The number of hydrogen-bond donors (Lipinski definition) is 1. The molecular formula is C13H18N2O3. The SMILES string of the molecule is COc1ccc(/C(C)=N/N2CCOCC2)c(O)c1. The lowest BCUT2D eigenvalue weighted by Gasteiger charge is -2.24. The highest BCUT2D eigenvalue weighted by molar-refractivity contribution is 6.01. The molecule has 98 valence electrons. The summed E-state index contributed by atoms with van der Waals surface area (Å²) in [7, 11) is 1.57. The van der Waals surface area contributed by atoms with E-state index < -0.39 is 0 Å². The number of morpholine rings is 1. The van der Waals surface area contributed by atoms with Crippen LogP contribution in [0.3, 0.4) is 0 Å². The van der Waals surface area contributed by atoms with Crippen LogP contribution in [0.5, 0.6) is 11.5 Å². The molecule has 0 aliphatic carbocycles. The van der Waals surface area contributed by atoms with Crippen LogP contribution in [-0.2, 0) is 4.74 Å². The van der Waals surface area contributed by atoms with Crippen molar-refractivity contribution in [3.63, 3.8) is 0 Å². The fourth-order valence-corrected chi connectivity index (χ4v) is 1.86. The van der Waals surface area contributed by atoms with Crippen LogP contribution in [0.25, 0.3) is 0 Å². The number of phenolic OH excluding ortho intramolecular Hbond substituents is 1. The van der Waals surface area contributed by atoms with E-state index in [2.05, 4.69) is 5.10 Å². The smallest absolute Gasteiger partial charge is 0.128 e. The number of hydrogen-bond acceptors (Lipinski definition) is 5. The minimum Gasteiger partial charge on any atom is -0.507 e. The first-order valence-electron chi connectivity index (χ1n) is 5.96. The first kappa shape index (κ1) is 12.7. The summed E-state index contributed by atoms with van der Waals surface area (Å²) >= 11 is 0. The average molecular weight is 250 g/mol. The molecule has 0 aromatic heterocycles. The van der Waals surface area contributed by atoms with E-state index in [-0.39, 0.29) is 5.75 Å². The van der Waals surface area contributed by atoms with Crippen LogP contribution in [0.4, 0.5) is 0 Å². The highest BCUT2D eigenvalue weighted by Crippen LogP contribution is 2.24. The second kappa shape index (κ2) is 5.73. The Balaban J connectivity index is 2.16. The summed E-state index contributed by atoms with van der Waals surface area (Å²) in [6.07, 6.45) is 0. The van der Waals surface area contributed by atoms with Gasteiger partial charge in [-0.1, -0.05) is 0 Å². The van der Waals surface area contributed by atoms with E-state index in [9.17, 15) is 5.11 Å². The Labute approximate surface area is 107 Å². The molecule has 0 amide bonds. The molecule has 0 unspecified atom stereocenters. The molecule has 1 saturated heterocycles. The second-order valence-corrected chi connectivity index (χ2v) is 4.13. The lowest BCUT2D eigenvalue weighted by atomic mass is 10.1. The molecule has 1 fully saturated rings. The summed E-state index contributed by atoms with van der Waals surface area (Å²) in [6, 6.07) is 5.22. The van der Waals surface area contributed by atoms with Crippen LogP contribution in [0, 0.1) is 0 Å². The molecule has 1 N–H and O–H groups in total. The predicted molar refractivity (Wildman–Crippen MR) is 69.3 cm³/mol. The van der Waals surface area contributed by atoms with Gasteiger partial charge < -0.3 is 14.6 Å².